The lowest BCUT2D eigenvalue weighted by atomic mass is 10.3. The van der Waals surface area contributed by atoms with Crippen molar-refractivity contribution in [3.05, 3.63) is 0 Å². The molecule has 0 amide bonds. The zero-order valence-electron chi connectivity index (χ0n) is 8.05. The van der Waals surface area contributed by atoms with Gasteiger partial charge in [-0.2, -0.15) is 8.42 Å². The highest BCUT2D eigenvalue weighted by molar-refractivity contribution is 7.85. The number of nitrogens with one attached hydrogen (secondary N) is 1. The molecule has 0 bridgehead atoms. The maximum Gasteiger partial charge on any atom is 0.267 e. The molecule has 0 saturated heterocycles. The van der Waals surface area contributed by atoms with Crippen LogP contribution in [0.25, 0.3) is 0 Å². The molecular weight excluding hydrogens is 210 g/mol. The van der Waals surface area contributed by atoms with Gasteiger partial charge in [0.2, 0.25) is 0 Å². The fourth-order valence-electron chi connectivity index (χ4n) is 0.950. The van der Waals surface area contributed by atoms with E-state index in [1.54, 1.807) is 0 Å². The lowest BCUT2D eigenvalue weighted by molar-refractivity contribution is 0.101. The fourth-order valence-corrected chi connectivity index (χ4v) is 1.55. The number of hydrogen-bond donors (Lipinski definition) is 4. The van der Waals surface area contributed by atoms with Gasteiger partial charge in [0.1, 0.15) is 12.0 Å². The Balaban J connectivity index is 3.69. The predicted octanol–water partition coefficient (Wildman–Crippen LogP) is -1.06. The van der Waals surface area contributed by atoms with Crippen molar-refractivity contribution in [3.63, 3.8) is 0 Å². The van der Waals surface area contributed by atoms with Gasteiger partial charge in [-0.25, -0.2) is 0 Å². The second kappa shape index (κ2) is 6.31. The summed E-state index contributed by atoms with van der Waals surface area (Å²) in [4.78, 5) is 0. The highest BCUT2D eigenvalue weighted by atomic mass is 32.2. The van der Waals surface area contributed by atoms with Crippen LogP contribution < -0.4 is 5.32 Å². The fraction of sp³-hybridized carbons (Fsp3) is 1.00. The summed E-state index contributed by atoms with van der Waals surface area (Å²) in [7, 11) is -4.16. The predicted molar refractivity (Wildman–Crippen MR) is 51.3 cm³/mol. The van der Waals surface area contributed by atoms with Gasteiger partial charge in [-0.3, -0.25) is 9.87 Å². The van der Waals surface area contributed by atoms with Crippen molar-refractivity contribution in [3.8, 4) is 0 Å². The van der Waals surface area contributed by atoms with E-state index in [-0.39, 0.29) is 6.54 Å². The van der Waals surface area contributed by atoms with E-state index in [1.165, 1.54) is 0 Å². The van der Waals surface area contributed by atoms with Gasteiger partial charge in [0, 0.05) is 6.54 Å². The van der Waals surface area contributed by atoms with Crippen LogP contribution in [0.2, 0.25) is 0 Å². The molecule has 0 aromatic rings. The molecule has 14 heavy (non-hydrogen) atoms. The van der Waals surface area contributed by atoms with Crippen molar-refractivity contribution in [2.75, 3.05) is 12.3 Å². The first-order valence-corrected chi connectivity index (χ1v) is 6.00. The summed E-state index contributed by atoms with van der Waals surface area (Å²) in [5, 5.41) is 20.8. The van der Waals surface area contributed by atoms with Gasteiger partial charge >= 0.3 is 0 Å². The number of rotatable bonds is 7. The van der Waals surface area contributed by atoms with E-state index in [0.717, 1.165) is 6.42 Å². The summed E-state index contributed by atoms with van der Waals surface area (Å²) in [5.74, 6) is -0.723. The normalized spacial score (nSPS) is 16.6. The molecule has 0 spiro atoms. The van der Waals surface area contributed by atoms with Crippen LogP contribution in [0.1, 0.15) is 19.8 Å². The van der Waals surface area contributed by atoms with E-state index in [0.29, 0.717) is 6.42 Å². The summed E-state index contributed by atoms with van der Waals surface area (Å²) in [6, 6.07) is 0. The summed E-state index contributed by atoms with van der Waals surface area (Å²) >= 11 is 0. The van der Waals surface area contributed by atoms with Gasteiger partial charge in [-0.1, -0.05) is 13.3 Å². The van der Waals surface area contributed by atoms with Crippen molar-refractivity contribution in [1.29, 1.82) is 0 Å². The summed E-state index contributed by atoms with van der Waals surface area (Å²) in [5.41, 5.74) is 0. The Labute approximate surface area is 83.7 Å². The molecule has 0 heterocycles. The van der Waals surface area contributed by atoms with Crippen LogP contribution in [-0.2, 0) is 10.1 Å². The third kappa shape index (κ3) is 8.39. The van der Waals surface area contributed by atoms with Gasteiger partial charge in [0.25, 0.3) is 10.1 Å². The average Bonchev–Trinajstić information content (AvgIpc) is 1.98. The van der Waals surface area contributed by atoms with Crippen LogP contribution in [-0.4, -0.2) is 47.8 Å². The van der Waals surface area contributed by atoms with E-state index in [2.05, 4.69) is 5.32 Å². The molecule has 0 aliphatic rings. The minimum absolute atomic E-state index is 0.0685. The van der Waals surface area contributed by atoms with E-state index in [4.69, 9.17) is 14.8 Å². The maximum atomic E-state index is 10.3. The molecule has 0 aliphatic heterocycles. The molecule has 7 heteroatoms. The van der Waals surface area contributed by atoms with Gasteiger partial charge < -0.3 is 10.2 Å². The first kappa shape index (κ1) is 13.8. The van der Waals surface area contributed by atoms with Crippen molar-refractivity contribution in [2.24, 2.45) is 0 Å². The number of aliphatic hydroxyl groups is 2. The minimum Gasteiger partial charge on any atom is -0.391 e. The summed E-state index contributed by atoms with van der Waals surface area (Å²) in [6.07, 6.45) is -0.659. The highest BCUT2D eigenvalue weighted by Crippen LogP contribution is 1.94. The van der Waals surface area contributed by atoms with Gasteiger partial charge in [-0.05, 0) is 6.42 Å². The Bertz CT molecular complexity index is 240. The molecule has 0 saturated carbocycles. The van der Waals surface area contributed by atoms with E-state index < -0.39 is 28.2 Å². The Kier molecular flexibility index (Phi) is 6.21. The smallest absolute Gasteiger partial charge is 0.267 e. The lowest BCUT2D eigenvalue weighted by Crippen LogP contribution is -2.38. The first-order valence-electron chi connectivity index (χ1n) is 4.40. The third-order valence-electron chi connectivity index (χ3n) is 1.55. The van der Waals surface area contributed by atoms with Crippen LogP contribution >= 0.6 is 0 Å². The van der Waals surface area contributed by atoms with E-state index in [9.17, 15) is 8.42 Å². The van der Waals surface area contributed by atoms with Gasteiger partial charge in [0.05, 0.1) is 6.10 Å². The molecule has 86 valence electrons. The van der Waals surface area contributed by atoms with Crippen LogP contribution in [0.3, 0.4) is 0 Å². The van der Waals surface area contributed by atoms with Crippen molar-refractivity contribution < 1.29 is 23.2 Å². The molecule has 6 nitrogen and oxygen atoms in total. The molecule has 0 aromatic carbocycles. The topological polar surface area (TPSA) is 107 Å². The van der Waals surface area contributed by atoms with Crippen molar-refractivity contribution in [1.82, 2.24) is 5.32 Å². The van der Waals surface area contributed by atoms with Gasteiger partial charge in [-0.15, -0.1) is 0 Å². The van der Waals surface area contributed by atoms with Gasteiger partial charge in [0.15, 0.2) is 0 Å². The van der Waals surface area contributed by atoms with Crippen LogP contribution in [0.4, 0.5) is 0 Å². The van der Waals surface area contributed by atoms with Crippen LogP contribution in [0.15, 0.2) is 0 Å². The molecule has 2 unspecified atom stereocenters. The summed E-state index contributed by atoms with van der Waals surface area (Å²) in [6.45, 7) is 1.82. The Morgan fingerprint density at radius 1 is 1.36 bits per heavy atom. The highest BCUT2D eigenvalue weighted by Gasteiger charge is 2.14. The standard InChI is InChI=1S/C7H17NO5S/c1-2-3-7(10)8-4-6(9)5-14(11,12)13/h6-10H,2-5H2,1H3,(H,11,12,13). The summed E-state index contributed by atoms with van der Waals surface area (Å²) < 4.78 is 29.0. The molecule has 0 aliphatic carbocycles. The monoisotopic (exact) mass is 227 g/mol. The average molecular weight is 227 g/mol. The molecule has 0 fully saturated rings. The Hall–Kier alpha value is -0.210. The van der Waals surface area contributed by atoms with E-state index >= 15 is 0 Å². The van der Waals surface area contributed by atoms with Crippen LogP contribution in [0, 0.1) is 0 Å². The Morgan fingerprint density at radius 2 is 1.93 bits per heavy atom. The molecule has 0 aromatic heterocycles. The second-order valence-corrected chi connectivity index (χ2v) is 4.61. The number of hydrogen-bond acceptors (Lipinski definition) is 5. The van der Waals surface area contributed by atoms with Crippen molar-refractivity contribution >= 4 is 10.1 Å². The zero-order valence-corrected chi connectivity index (χ0v) is 8.87. The molecule has 4 N–H and O–H groups in total. The minimum atomic E-state index is -4.16. The van der Waals surface area contributed by atoms with Crippen molar-refractivity contribution in [2.45, 2.75) is 32.1 Å². The SMILES string of the molecule is CCCC(O)NCC(O)CS(=O)(=O)O. The maximum absolute atomic E-state index is 10.3. The van der Waals surface area contributed by atoms with E-state index in [1.807, 2.05) is 6.92 Å². The molecular formula is C7H17NO5S. The molecule has 2 atom stereocenters. The number of aliphatic hydroxyl groups excluding tert-OH is 2. The Morgan fingerprint density at radius 3 is 2.36 bits per heavy atom. The van der Waals surface area contributed by atoms with Crippen LogP contribution in [0.5, 0.6) is 0 Å². The first-order chi connectivity index (χ1) is 6.35. The quantitative estimate of drug-likeness (QED) is 0.326. The molecule has 0 radical (unpaired) electrons. The lowest BCUT2D eigenvalue weighted by Gasteiger charge is -2.14. The largest absolute Gasteiger partial charge is 0.391 e. The third-order valence-corrected chi connectivity index (χ3v) is 2.36. The zero-order chi connectivity index (χ0) is 11.2. The second-order valence-electron chi connectivity index (χ2n) is 3.12. The molecule has 0 rings (SSSR count).